The molecule has 0 aliphatic heterocycles. The van der Waals surface area contributed by atoms with Crippen LogP contribution in [0.25, 0.3) is 5.78 Å². The molecule has 0 fully saturated rings. The molecule has 0 spiro atoms. The zero-order valence-electron chi connectivity index (χ0n) is 20.9. The van der Waals surface area contributed by atoms with Crippen LogP contribution in [0.5, 0.6) is 0 Å². The number of hydrogen-bond donors (Lipinski definition) is 4. The number of carboxylic acids is 1. The van der Waals surface area contributed by atoms with Gasteiger partial charge in [-0.15, -0.1) is 0 Å². The molecule has 0 radical (unpaired) electrons. The number of primary amides is 1. The molecule has 0 unspecified atom stereocenters. The minimum absolute atomic E-state index is 0. The Labute approximate surface area is 228 Å². The zero-order chi connectivity index (χ0) is 28.7. The van der Waals surface area contributed by atoms with Gasteiger partial charge in [0.1, 0.15) is 23.2 Å². The van der Waals surface area contributed by atoms with Crippen LogP contribution in [-0.2, 0) is 16.1 Å². The zero-order valence-corrected chi connectivity index (χ0v) is 20.9. The molecular formula is C27H29FN6O6. The molecule has 210 valence electrons. The van der Waals surface area contributed by atoms with Gasteiger partial charge in [0.15, 0.2) is 0 Å². The van der Waals surface area contributed by atoms with Crippen molar-refractivity contribution in [1.29, 1.82) is 0 Å². The van der Waals surface area contributed by atoms with E-state index in [4.69, 9.17) is 11.5 Å². The van der Waals surface area contributed by atoms with Crippen molar-refractivity contribution in [2.24, 2.45) is 11.5 Å². The summed E-state index contributed by atoms with van der Waals surface area (Å²) in [4.78, 5) is 53.3. The number of halogens is 1. The third-order valence-electron chi connectivity index (χ3n) is 5.50. The molecule has 12 nitrogen and oxygen atoms in total. The van der Waals surface area contributed by atoms with Crippen LogP contribution in [0.15, 0.2) is 60.9 Å². The number of carbonyl (C=O) groups is 4. The van der Waals surface area contributed by atoms with Crippen molar-refractivity contribution in [3.8, 4) is 0 Å². The first-order valence-electron chi connectivity index (χ1n) is 11.4. The summed E-state index contributed by atoms with van der Waals surface area (Å²) < 4.78 is 19.0. The standard InChI is InChI=1S/C16H13FN4O3.C10H12N2O3.CH4/c1-9-6-10(2-3-11(9)17)8-19-14(22)12-7-13(15(23)24)21-5-4-18-16(21)20-12;1-15-10(14)7-4-2-6(3-5-7)8(11)9(12)13;/h2-7H,8H2,1H3,(H,19,22)(H,23,24);2-5,8H,11H2,1H3,(H2,12,13);1H4/t;8-;/m.1./s1. The Balaban J connectivity index is 0.000000304. The molecule has 0 saturated carbocycles. The molecule has 2 heterocycles. The fourth-order valence-electron chi connectivity index (χ4n) is 3.38. The summed E-state index contributed by atoms with van der Waals surface area (Å²) in [7, 11) is 1.30. The molecule has 40 heavy (non-hydrogen) atoms. The Hall–Kier alpha value is -5.17. The lowest BCUT2D eigenvalue weighted by molar-refractivity contribution is -0.119. The van der Waals surface area contributed by atoms with Crippen LogP contribution >= 0.6 is 0 Å². The number of aryl methyl sites for hydroxylation is 1. The van der Waals surface area contributed by atoms with E-state index in [1.54, 1.807) is 31.2 Å². The number of benzene rings is 2. The second kappa shape index (κ2) is 13.6. The first-order valence-corrected chi connectivity index (χ1v) is 11.4. The van der Waals surface area contributed by atoms with Gasteiger partial charge in [-0.05, 0) is 41.8 Å². The summed E-state index contributed by atoms with van der Waals surface area (Å²) in [5.41, 5.74) is 12.5. The Morgan fingerprint density at radius 3 is 2.38 bits per heavy atom. The fraction of sp³-hybridized carbons (Fsp3) is 0.185. The molecule has 4 rings (SSSR count). The molecule has 0 aliphatic rings. The van der Waals surface area contributed by atoms with Crippen LogP contribution in [0.2, 0.25) is 0 Å². The summed E-state index contributed by atoms with van der Waals surface area (Å²) in [6.07, 6.45) is 2.85. The van der Waals surface area contributed by atoms with Crippen molar-refractivity contribution in [2.75, 3.05) is 7.11 Å². The van der Waals surface area contributed by atoms with Crippen LogP contribution in [0.4, 0.5) is 4.39 Å². The van der Waals surface area contributed by atoms with Gasteiger partial charge >= 0.3 is 11.9 Å². The number of hydrogen-bond acceptors (Lipinski definition) is 8. The minimum Gasteiger partial charge on any atom is -0.477 e. The smallest absolute Gasteiger partial charge is 0.353 e. The molecule has 1 atom stereocenters. The number of imidazole rings is 1. The van der Waals surface area contributed by atoms with Gasteiger partial charge < -0.3 is 26.6 Å². The number of aromatic nitrogens is 3. The van der Waals surface area contributed by atoms with Crippen molar-refractivity contribution in [1.82, 2.24) is 19.7 Å². The molecule has 6 N–H and O–H groups in total. The molecule has 4 aromatic rings. The van der Waals surface area contributed by atoms with Gasteiger partial charge in [-0.1, -0.05) is 31.7 Å². The number of carbonyl (C=O) groups excluding carboxylic acids is 3. The fourth-order valence-corrected chi connectivity index (χ4v) is 3.38. The molecule has 13 heteroatoms. The maximum atomic E-state index is 13.2. The van der Waals surface area contributed by atoms with E-state index in [1.807, 2.05) is 0 Å². The van der Waals surface area contributed by atoms with Gasteiger partial charge in [0.25, 0.3) is 5.91 Å². The number of rotatable bonds is 7. The van der Waals surface area contributed by atoms with Crippen molar-refractivity contribution >= 4 is 29.5 Å². The summed E-state index contributed by atoms with van der Waals surface area (Å²) >= 11 is 0. The normalized spacial score (nSPS) is 10.9. The molecular weight excluding hydrogens is 523 g/mol. The van der Waals surface area contributed by atoms with Gasteiger partial charge in [0.2, 0.25) is 11.7 Å². The largest absolute Gasteiger partial charge is 0.477 e. The summed E-state index contributed by atoms with van der Waals surface area (Å²) in [6.45, 7) is 1.80. The maximum Gasteiger partial charge on any atom is 0.353 e. The quantitative estimate of drug-likeness (QED) is 0.249. The number of nitrogens with zero attached hydrogens (tertiary/aromatic N) is 3. The number of esters is 1. The topological polar surface area (TPSA) is 192 Å². The molecule has 0 aliphatic carbocycles. The van der Waals surface area contributed by atoms with Crippen LogP contribution in [0.1, 0.15) is 61.5 Å². The van der Waals surface area contributed by atoms with Crippen molar-refractivity contribution in [3.63, 3.8) is 0 Å². The molecule has 2 aromatic carbocycles. The lowest BCUT2D eigenvalue weighted by atomic mass is 10.1. The SMILES string of the molecule is C.COC(=O)c1ccc([C@@H](N)C(N)=O)cc1.Cc1cc(CNC(=O)c2cc(C(=O)O)n3ccnc3n2)ccc1F. The van der Waals surface area contributed by atoms with E-state index in [0.29, 0.717) is 16.7 Å². The predicted molar refractivity (Wildman–Crippen MR) is 143 cm³/mol. The average molecular weight is 553 g/mol. The Morgan fingerprint density at radius 2 is 1.80 bits per heavy atom. The third-order valence-corrected chi connectivity index (χ3v) is 5.50. The van der Waals surface area contributed by atoms with Crippen molar-refractivity contribution < 1.29 is 33.4 Å². The molecule has 0 saturated heterocycles. The number of methoxy groups -OCH3 is 1. The number of nitrogens with two attached hydrogens (primary N) is 2. The van der Waals surface area contributed by atoms with Gasteiger partial charge in [-0.3, -0.25) is 14.0 Å². The Morgan fingerprint density at radius 1 is 1.12 bits per heavy atom. The minimum atomic E-state index is -1.19. The average Bonchev–Trinajstić information content (AvgIpc) is 3.41. The monoisotopic (exact) mass is 552 g/mol. The Kier molecular flexibility index (Phi) is 10.5. The lowest BCUT2D eigenvalue weighted by Gasteiger charge is -2.08. The van der Waals surface area contributed by atoms with Crippen LogP contribution in [0, 0.1) is 12.7 Å². The third kappa shape index (κ3) is 7.45. The first kappa shape index (κ1) is 31.1. The summed E-state index contributed by atoms with van der Waals surface area (Å²) in [5.74, 6) is -2.97. The molecule has 2 aromatic heterocycles. The lowest BCUT2D eigenvalue weighted by Crippen LogP contribution is -2.28. The van der Waals surface area contributed by atoms with Gasteiger partial charge in [-0.2, -0.15) is 0 Å². The maximum absolute atomic E-state index is 13.2. The highest BCUT2D eigenvalue weighted by molar-refractivity contribution is 5.96. The highest BCUT2D eigenvalue weighted by Gasteiger charge is 2.17. The number of carboxylic acid groups (broad SMARTS) is 1. The van der Waals surface area contributed by atoms with E-state index in [1.165, 1.54) is 48.2 Å². The number of aromatic carboxylic acids is 1. The van der Waals surface area contributed by atoms with Gasteiger partial charge in [-0.25, -0.2) is 23.9 Å². The van der Waals surface area contributed by atoms with E-state index in [9.17, 15) is 28.7 Å². The van der Waals surface area contributed by atoms with Crippen LogP contribution in [0.3, 0.4) is 0 Å². The number of amides is 2. The van der Waals surface area contributed by atoms with Gasteiger partial charge in [0, 0.05) is 25.0 Å². The van der Waals surface area contributed by atoms with E-state index in [-0.39, 0.29) is 37.0 Å². The van der Waals surface area contributed by atoms with E-state index in [2.05, 4.69) is 20.0 Å². The second-order valence-corrected chi connectivity index (χ2v) is 8.19. The first-order chi connectivity index (χ1) is 18.5. The molecule has 0 bridgehead atoms. The number of ether oxygens (including phenoxy) is 1. The Bertz CT molecular complexity index is 1540. The summed E-state index contributed by atoms with van der Waals surface area (Å²) in [5, 5.41) is 11.9. The van der Waals surface area contributed by atoms with Crippen molar-refractivity contribution in [2.45, 2.75) is 26.9 Å². The number of nitrogens with one attached hydrogen (secondary N) is 1. The van der Waals surface area contributed by atoms with Gasteiger partial charge in [0.05, 0.1) is 12.7 Å². The second-order valence-electron chi connectivity index (χ2n) is 8.19. The van der Waals surface area contributed by atoms with E-state index in [0.717, 1.165) is 5.56 Å². The van der Waals surface area contributed by atoms with E-state index >= 15 is 0 Å². The highest BCUT2D eigenvalue weighted by Crippen LogP contribution is 2.12. The predicted octanol–water partition coefficient (Wildman–Crippen LogP) is 2.40. The van der Waals surface area contributed by atoms with Crippen LogP contribution in [-0.4, -0.2) is 50.3 Å². The van der Waals surface area contributed by atoms with E-state index < -0.39 is 29.8 Å². The number of fused-ring (bicyclic) bond motifs is 1. The van der Waals surface area contributed by atoms with Crippen LogP contribution < -0.4 is 16.8 Å². The van der Waals surface area contributed by atoms with Crippen molar-refractivity contribution in [3.05, 3.63) is 100 Å². The summed E-state index contributed by atoms with van der Waals surface area (Å²) in [6, 6.07) is 11.1. The molecule has 2 amide bonds. The highest BCUT2D eigenvalue weighted by atomic mass is 19.1.